The van der Waals surface area contributed by atoms with E-state index in [2.05, 4.69) is 10.9 Å². The molecule has 0 bridgehead atoms. The highest BCUT2D eigenvalue weighted by Crippen LogP contribution is 2.45. The molecule has 0 aromatic heterocycles. The van der Waals surface area contributed by atoms with Crippen LogP contribution in [0.1, 0.15) is 33.6 Å². The van der Waals surface area contributed by atoms with Crippen molar-refractivity contribution in [1.29, 1.82) is 0 Å². The summed E-state index contributed by atoms with van der Waals surface area (Å²) in [6.07, 6.45) is 0.893. The van der Waals surface area contributed by atoms with Gasteiger partial charge in [-0.15, -0.1) is 0 Å². The first-order valence-electron chi connectivity index (χ1n) is 5.57. The van der Waals surface area contributed by atoms with Gasteiger partial charge in [-0.05, 0) is 33.6 Å². The van der Waals surface area contributed by atoms with Crippen LogP contribution in [0.4, 0.5) is 4.79 Å². The Morgan fingerprint density at radius 1 is 1.24 bits per heavy atom. The minimum absolute atomic E-state index is 0.231. The number of hydrogen-bond donors (Lipinski definition) is 2. The van der Waals surface area contributed by atoms with Crippen LogP contribution in [-0.4, -0.2) is 31.3 Å². The fourth-order valence-corrected chi connectivity index (χ4v) is 1.41. The van der Waals surface area contributed by atoms with Gasteiger partial charge in [-0.2, -0.15) is 0 Å². The van der Waals surface area contributed by atoms with E-state index in [9.17, 15) is 9.59 Å². The largest absolute Gasteiger partial charge is 0.443 e. The second kappa shape index (κ2) is 4.91. The molecule has 1 saturated carbocycles. The normalized spacial score (nSPS) is 17.2. The van der Waals surface area contributed by atoms with Crippen LogP contribution in [-0.2, 0) is 14.3 Å². The highest BCUT2D eigenvalue weighted by molar-refractivity contribution is 5.86. The Kier molecular flexibility index (Phi) is 3.98. The molecular weight excluding hydrogens is 224 g/mol. The van der Waals surface area contributed by atoms with Gasteiger partial charge in [0, 0.05) is 7.11 Å². The van der Waals surface area contributed by atoms with Crippen molar-refractivity contribution in [3.63, 3.8) is 0 Å². The molecule has 0 radical (unpaired) electrons. The van der Waals surface area contributed by atoms with Gasteiger partial charge in [0.05, 0.1) is 12.0 Å². The SMILES string of the molecule is COCC1(C(=O)NNC(=O)OC(C)(C)C)CC1. The molecule has 2 N–H and O–H groups in total. The van der Waals surface area contributed by atoms with E-state index in [0.717, 1.165) is 12.8 Å². The van der Waals surface area contributed by atoms with E-state index in [-0.39, 0.29) is 5.91 Å². The van der Waals surface area contributed by atoms with Gasteiger partial charge >= 0.3 is 6.09 Å². The summed E-state index contributed by atoms with van der Waals surface area (Å²) >= 11 is 0. The van der Waals surface area contributed by atoms with E-state index >= 15 is 0 Å². The molecule has 6 nitrogen and oxygen atoms in total. The van der Waals surface area contributed by atoms with Crippen molar-refractivity contribution in [1.82, 2.24) is 10.9 Å². The van der Waals surface area contributed by atoms with Gasteiger partial charge in [-0.3, -0.25) is 10.2 Å². The molecule has 0 heterocycles. The van der Waals surface area contributed by atoms with Crippen molar-refractivity contribution in [2.45, 2.75) is 39.2 Å². The fraction of sp³-hybridized carbons (Fsp3) is 0.818. The number of methoxy groups -OCH3 is 1. The molecule has 0 aliphatic heterocycles. The molecule has 0 spiro atoms. The number of amides is 2. The van der Waals surface area contributed by atoms with E-state index in [4.69, 9.17) is 9.47 Å². The summed E-state index contributed by atoms with van der Waals surface area (Å²) in [5.41, 5.74) is 3.52. The second-order valence-electron chi connectivity index (χ2n) is 5.29. The van der Waals surface area contributed by atoms with Gasteiger partial charge < -0.3 is 9.47 Å². The van der Waals surface area contributed by atoms with E-state index < -0.39 is 17.1 Å². The molecule has 0 aromatic rings. The summed E-state index contributed by atoms with van der Waals surface area (Å²) in [5.74, 6) is -0.231. The molecule has 6 heteroatoms. The quantitative estimate of drug-likeness (QED) is 0.725. The summed E-state index contributed by atoms with van der Waals surface area (Å²) in [6, 6.07) is 0. The van der Waals surface area contributed by atoms with Gasteiger partial charge in [-0.1, -0.05) is 0 Å². The summed E-state index contributed by atoms with van der Waals surface area (Å²) in [7, 11) is 1.55. The molecule has 0 saturated heterocycles. The topological polar surface area (TPSA) is 76.7 Å². The number of nitrogens with one attached hydrogen (secondary N) is 2. The van der Waals surface area contributed by atoms with Crippen LogP contribution in [0, 0.1) is 5.41 Å². The smallest absolute Gasteiger partial charge is 0.426 e. The molecule has 98 valence electrons. The average molecular weight is 244 g/mol. The van der Waals surface area contributed by atoms with Crippen LogP contribution in [0.25, 0.3) is 0 Å². The predicted octanol–water partition coefficient (Wildman–Crippen LogP) is 0.969. The molecule has 1 rings (SSSR count). The zero-order chi connectivity index (χ0) is 13.1. The maximum atomic E-state index is 11.7. The minimum Gasteiger partial charge on any atom is -0.443 e. The van der Waals surface area contributed by atoms with Crippen molar-refractivity contribution in [3.05, 3.63) is 0 Å². The lowest BCUT2D eigenvalue weighted by atomic mass is 10.1. The first kappa shape index (κ1) is 13.8. The van der Waals surface area contributed by atoms with Crippen LogP contribution in [0.3, 0.4) is 0 Å². The van der Waals surface area contributed by atoms with Crippen LogP contribution in [0.2, 0.25) is 0 Å². The van der Waals surface area contributed by atoms with Crippen molar-refractivity contribution >= 4 is 12.0 Å². The lowest BCUT2D eigenvalue weighted by Gasteiger charge is -2.20. The van der Waals surface area contributed by atoms with E-state index in [0.29, 0.717) is 6.61 Å². The average Bonchev–Trinajstić information content (AvgIpc) is 2.93. The Hall–Kier alpha value is -1.30. The number of ether oxygens (including phenoxy) is 2. The molecule has 1 aliphatic rings. The number of hydrazine groups is 1. The van der Waals surface area contributed by atoms with Crippen LogP contribution in [0.15, 0.2) is 0 Å². The highest BCUT2D eigenvalue weighted by Gasteiger charge is 2.50. The molecule has 1 fully saturated rings. The molecule has 17 heavy (non-hydrogen) atoms. The maximum absolute atomic E-state index is 11.7. The van der Waals surface area contributed by atoms with E-state index in [1.165, 1.54) is 0 Å². The Morgan fingerprint density at radius 2 is 1.82 bits per heavy atom. The molecule has 2 amide bonds. The van der Waals surface area contributed by atoms with E-state index in [1.54, 1.807) is 27.9 Å². The Morgan fingerprint density at radius 3 is 2.24 bits per heavy atom. The van der Waals surface area contributed by atoms with Gasteiger partial charge in [0.1, 0.15) is 5.60 Å². The van der Waals surface area contributed by atoms with Crippen LogP contribution >= 0.6 is 0 Å². The Labute approximate surface area is 101 Å². The summed E-state index contributed by atoms with van der Waals surface area (Å²) < 4.78 is 9.96. The summed E-state index contributed by atoms with van der Waals surface area (Å²) in [5, 5.41) is 0. The van der Waals surface area contributed by atoms with Crippen molar-refractivity contribution in [2.24, 2.45) is 5.41 Å². The van der Waals surface area contributed by atoms with Crippen molar-refractivity contribution in [3.8, 4) is 0 Å². The zero-order valence-electron chi connectivity index (χ0n) is 10.8. The number of rotatable bonds is 3. The third kappa shape index (κ3) is 4.22. The van der Waals surface area contributed by atoms with Gasteiger partial charge in [0.15, 0.2) is 0 Å². The highest BCUT2D eigenvalue weighted by atomic mass is 16.6. The van der Waals surface area contributed by atoms with Crippen LogP contribution < -0.4 is 10.9 Å². The summed E-state index contributed by atoms with van der Waals surface area (Å²) in [4.78, 5) is 23.0. The Balaban J connectivity index is 2.31. The van der Waals surface area contributed by atoms with Gasteiger partial charge in [-0.25, -0.2) is 10.2 Å². The van der Waals surface area contributed by atoms with Crippen LogP contribution in [0.5, 0.6) is 0 Å². The summed E-state index contributed by atoms with van der Waals surface area (Å²) in [6.45, 7) is 5.62. The first-order chi connectivity index (χ1) is 7.79. The molecule has 0 unspecified atom stereocenters. The lowest BCUT2D eigenvalue weighted by Crippen LogP contribution is -2.48. The van der Waals surface area contributed by atoms with Crippen molar-refractivity contribution < 1.29 is 19.1 Å². The standard InChI is InChI=1S/C11H20N2O4/c1-10(2,3)17-9(15)13-12-8(14)11(5-6-11)7-16-4/h5-7H2,1-4H3,(H,12,14)(H,13,15). The number of carbonyl (C=O) groups excluding carboxylic acids is 2. The fourth-order valence-electron chi connectivity index (χ4n) is 1.41. The van der Waals surface area contributed by atoms with Crippen molar-refractivity contribution in [2.75, 3.05) is 13.7 Å². The first-order valence-corrected chi connectivity index (χ1v) is 5.57. The minimum atomic E-state index is -0.668. The second-order valence-corrected chi connectivity index (χ2v) is 5.29. The lowest BCUT2D eigenvalue weighted by molar-refractivity contribution is -0.129. The zero-order valence-corrected chi connectivity index (χ0v) is 10.8. The van der Waals surface area contributed by atoms with E-state index in [1.807, 2.05) is 0 Å². The predicted molar refractivity (Wildman–Crippen MR) is 61.1 cm³/mol. The molecular formula is C11H20N2O4. The molecule has 0 atom stereocenters. The third-order valence-electron chi connectivity index (χ3n) is 2.43. The van der Waals surface area contributed by atoms with Gasteiger partial charge in [0.2, 0.25) is 5.91 Å². The van der Waals surface area contributed by atoms with Gasteiger partial charge in [0.25, 0.3) is 0 Å². The third-order valence-corrected chi connectivity index (χ3v) is 2.43. The Bertz CT molecular complexity index is 305. The maximum Gasteiger partial charge on any atom is 0.426 e. The number of carbonyl (C=O) groups is 2. The molecule has 1 aliphatic carbocycles. The number of hydrogen-bond acceptors (Lipinski definition) is 4. The molecule has 0 aromatic carbocycles. The monoisotopic (exact) mass is 244 g/mol.